The first kappa shape index (κ1) is 16.2. The molecule has 8 heteroatoms. The van der Waals surface area contributed by atoms with Crippen molar-refractivity contribution in [2.45, 2.75) is 0 Å². The Bertz CT molecular complexity index is 388. The molecule has 1 aromatic heterocycles. The van der Waals surface area contributed by atoms with Crippen LogP contribution in [0.15, 0.2) is 6.07 Å². The zero-order valence-electron chi connectivity index (χ0n) is 9.13. The van der Waals surface area contributed by atoms with Crippen LogP contribution < -0.4 is 10.1 Å². The average Bonchev–Trinajstić information content (AvgIpc) is 2.22. The lowest BCUT2D eigenvalue weighted by Gasteiger charge is -2.05. The number of hydrogen-bond acceptors (Lipinski definition) is 4. The summed E-state index contributed by atoms with van der Waals surface area (Å²) in [5.74, 6) is -1.18. The fourth-order valence-electron chi connectivity index (χ4n) is 0.660. The van der Waals surface area contributed by atoms with Gasteiger partial charge < -0.3 is 15.2 Å². The smallest absolute Gasteiger partial charge is 0.341 e. The number of nitrogens with zero attached hydrogens (tertiary/aromatic N) is 1. The van der Waals surface area contributed by atoms with Crippen LogP contribution in [0.1, 0.15) is 0 Å². The van der Waals surface area contributed by atoms with Gasteiger partial charge in [0.2, 0.25) is 5.88 Å². The minimum atomic E-state index is -1.13. The molecule has 0 spiro atoms. The molecule has 1 rings (SSSR count). The maximum absolute atomic E-state index is 10.2. The molecule has 1 heterocycles. The molecule has 0 radical (unpaired) electrons. The number of hydrogen-bond donors (Lipinski definition) is 2. The molecule has 0 aliphatic carbocycles. The summed E-state index contributed by atoms with van der Waals surface area (Å²) in [4.78, 5) is 13.8. The Morgan fingerprint density at radius 3 is 2.41 bits per heavy atom. The van der Waals surface area contributed by atoms with Gasteiger partial charge in [-0.25, -0.2) is 4.79 Å². The van der Waals surface area contributed by atoms with Crippen LogP contribution in [-0.4, -0.2) is 36.8 Å². The zero-order valence-corrected chi connectivity index (χ0v) is 11.4. The Labute approximate surface area is 114 Å². The van der Waals surface area contributed by atoms with Gasteiger partial charge in [0.1, 0.15) is 5.02 Å². The highest BCUT2D eigenvalue weighted by atomic mass is 35.5. The second-order valence-corrected chi connectivity index (χ2v) is 3.90. The number of halogens is 3. The van der Waals surface area contributed by atoms with E-state index in [0.717, 1.165) is 0 Å². The number of carboxylic acid groups (broad SMARTS) is 1. The van der Waals surface area contributed by atoms with E-state index in [9.17, 15) is 4.79 Å². The van der Waals surface area contributed by atoms with Gasteiger partial charge in [0, 0.05) is 0 Å². The largest absolute Gasteiger partial charge is 0.479 e. The van der Waals surface area contributed by atoms with E-state index in [-0.39, 0.29) is 21.1 Å². The molecule has 0 saturated carbocycles. The van der Waals surface area contributed by atoms with Crippen LogP contribution in [0.3, 0.4) is 0 Å². The van der Waals surface area contributed by atoms with Crippen molar-refractivity contribution in [1.82, 2.24) is 10.3 Å². The zero-order chi connectivity index (χ0) is 13.4. The molecule has 0 aromatic carbocycles. The molecular formula is C9H11Cl3N2O3. The van der Waals surface area contributed by atoms with Gasteiger partial charge in [-0.3, -0.25) is 0 Å². The summed E-state index contributed by atoms with van der Waals surface area (Å²) >= 11 is 16.8. The van der Waals surface area contributed by atoms with Gasteiger partial charge in [0.15, 0.2) is 11.8 Å². The van der Waals surface area contributed by atoms with Crippen molar-refractivity contribution in [3.8, 4) is 5.88 Å². The van der Waals surface area contributed by atoms with Crippen LogP contribution in [0.25, 0.3) is 0 Å². The minimum absolute atomic E-state index is 0.0106. The SMILES string of the molecule is CNC.O=C(O)COc1nc(Cl)c(Cl)cc1Cl. The third-order valence-corrected chi connectivity index (χ3v) is 2.13. The topological polar surface area (TPSA) is 71.5 Å². The predicted octanol–water partition coefficient (Wildman–Crippen LogP) is 2.34. The summed E-state index contributed by atoms with van der Waals surface area (Å²) in [6, 6.07) is 1.33. The number of ether oxygens (including phenoxy) is 1. The molecule has 0 fully saturated rings. The molecule has 17 heavy (non-hydrogen) atoms. The first-order valence-electron chi connectivity index (χ1n) is 4.37. The Balaban J connectivity index is 0.000000770. The number of nitrogens with one attached hydrogen (secondary N) is 1. The van der Waals surface area contributed by atoms with E-state index in [1.165, 1.54) is 6.07 Å². The van der Waals surface area contributed by atoms with Crippen LogP contribution in [0, 0.1) is 0 Å². The molecule has 0 unspecified atom stereocenters. The van der Waals surface area contributed by atoms with Gasteiger partial charge in [0.05, 0.1) is 5.02 Å². The molecule has 96 valence electrons. The highest BCUT2D eigenvalue weighted by Gasteiger charge is 2.10. The number of aliphatic carboxylic acids is 1. The van der Waals surface area contributed by atoms with Crippen LogP contribution >= 0.6 is 34.8 Å². The molecule has 0 atom stereocenters. The quantitative estimate of drug-likeness (QED) is 0.839. The lowest BCUT2D eigenvalue weighted by Crippen LogP contribution is -2.10. The Hall–Kier alpha value is -0.750. The number of rotatable bonds is 3. The monoisotopic (exact) mass is 300 g/mol. The Morgan fingerprint density at radius 1 is 1.41 bits per heavy atom. The van der Waals surface area contributed by atoms with Crippen LogP contribution in [0.2, 0.25) is 15.2 Å². The molecule has 0 aliphatic rings. The van der Waals surface area contributed by atoms with Crippen molar-refractivity contribution < 1.29 is 14.6 Å². The fraction of sp³-hybridized carbons (Fsp3) is 0.333. The van der Waals surface area contributed by atoms with E-state index < -0.39 is 12.6 Å². The van der Waals surface area contributed by atoms with E-state index in [1.54, 1.807) is 0 Å². The normalized spacial score (nSPS) is 9.24. The Kier molecular flexibility index (Phi) is 7.99. The van der Waals surface area contributed by atoms with Crippen molar-refractivity contribution in [3.63, 3.8) is 0 Å². The van der Waals surface area contributed by atoms with E-state index in [4.69, 9.17) is 44.6 Å². The van der Waals surface area contributed by atoms with Gasteiger partial charge in [0.25, 0.3) is 0 Å². The molecule has 0 saturated heterocycles. The molecule has 0 aliphatic heterocycles. The van der Waals surface area contributed by atoms with Crippen LogP contribution in [-0.2, 0) is 4.79 Å². The molecule has 0 bridgehead atoms. The van der Waals surface area contributed by atoms with Crippen molar-refractivity contribution >= 4 is 40.8 Å². The van der Waals surface area contributed by atoms with Crippen molar-refractivity contribution in [1.29, 1.82) is 0 Å². The Morgan fingerprint density at radius 2 is 1.94 bits per heavy atom. The minimum Gasteiger partial charge on any atom is -0.479 e. The van der Waals surface area contributed by atoms with Crippen molar-refractivity contribution in [2.75, 3.05) is 20.7 Å². The van der Waals surface area contributed by atoms with Gasteiger partial charge >= 0.3 is 5.97 Å². The highest BCUT2D eigenvalue weighted by Crippen LogP contribution is 2.30. The van der Waals surface area contributed by atoms with Crippen molar-refractivity contribution in [2.24, 2.45) is 0 Å². The first-order chi connectivity index (χ1) is 7.92. The average molecular weight is 302 g/mol. The summed E-state index contributed by atoms with van der Waals surface area (Å²) in [6.07, 6.45) is 0. The van der Waals surface area contributed by atoms with E-state index in [1.807, 2.05) is 14.1 Å². The molecular weight excluding hydrogens is 290 g/mol. The molecule has 5 nitrogen and oxygen atoms in total. The summed E-state index contributed by atoms with van der Waals surface area (Å²) in [5, 5.41) is 11.4. The number of pyridine rings is 1. The van der Waals surface area contributed by atoms with E-state index >= 15 is 0 Å². The van der Waals surface area contributed by atoms with E-state index in [0.29, 0.717) is 0 Å². The number of carboxylic acids is 1. The number of carbonyl (C=O) groups is 1. The fourth-order valence-corrected chi connectivity index (χ4v) is 1.20. The molecule has 0 amide bonds. The van der Waals surface area contributed by atoms with E-state index in [2.05, 4.69) is 10.3 Å². The van der Waals surface area contributed by atoms with Gasteiger partial charge in [-0.2, -0.15) is 4.98 Å². The summed E-state index contributed by atoms with van der Waals surface area (Å²) in [5.41, 5.74) is 0. The highest BCUT2D eigenvalue weighted by molar-refractivity contribution is 6.42. The maximum atomic E-state index is 10.2. The summed E-state index contributed by atoms with van der Waals surface area (Å²) in [6.45, 7) is -0.537. The lowest BCUT2D eigenvalue weighted by atomic mass is 10.5. The van der Waals surface area contributed by atoms with Crippen molar-refractivity contribution in [3.05, 3.63) is 21.3 Å². The maximum Gasteiger partial charge on any atom is 0.341 e. The van der Waals surface area contributed by atoms with Gasteiger partial charge in [-0.1, -0.05) is 34.8 Å². The second-order valence-electron chi connectivity index (χ2n) is 2.73. The second kappa shape index (κ2) is 8.36. The first-order valence-corrected chi connectivity index (χ1v) is 5.50. The molecule has 1 aromatic rings. The van der Waals surface area contributed by atoms with Gasteiger partial charge in [-0.15, -0.1) is 0 Å². The van der Waals surface area contributed by atoms with Crippen LogP contribution in [0.5, 0.6) is 5.88 Å². The molecule has 2 N–H and O–H groups in total. The summed E-state index contributed by atoms with van der Waals surface area (Å²) in [7, 11) is 3.75. The summed E-state index contributed by atoms with van der Waals surface area (Å²) < 4.78 is 4.75. The third kappa shape index (κ3) is 6.53. The lowest BCUT2D eigenvalue weighted by molar-refractivity contribution is -0.139. The predicted molar refractivity (Wildman–Crippen MR) is 67.4 cm³/mol. The third-order valence-electron chi connectivity index (χ3n) is 1.19. The van der Waals surface area contributed by atoms with Crippen LogP contribution in [0.4, 0.5) is 0 Å². The number of aromatic nitrogens is 1. The standard InChI is InChI=1S/C7H4Cl3NO3.C2H7N/c8-3-1-4(9)7(11-6(3)10)14-2-5(12)13;1-3-2/h1H,2H2,(H,12,13);3H,1-2H3. The van der Waals surface area contributed by atoms with Gasteiger partial charge in [-0.05, 0) is 20.2 Å².